The lowest BCUT2D eigenvalue weighted by Crippen LogP contribution is -2.21. The lowest BCUT2D eigenvalue weighted by atomic mass is 9.90. The zero-order valence-corrected chi connectivity index (χ0v) is 12.6. The van der Waals surface area contributed by atoms with E-state index in [1.165, 1.54) is 0 Å². The Bertz CT molecular complexity index is 265. The van der Waals surface area contributed by atoms with Crippen LogP contribution in [0.25, 0.3) is 0 Å². The topological polar surface area (TPSA) is 34.1 Å². The van der Waals surface area contributed by atoms with Gasteiger partial charge < -0.3 is 0 Å². The third-order valence-electron chi connectivity index (χ3n) is 2.37. The Morgan fingerprint density at radius 2 is 1.73 bits per heavy atom. The first kappa shape index (κ1) is 15.4. The van der Waals surface area contributed by atoms with Crippen molar-refractivity contribution in [1.29, 1.82) is 0 Å². The van der Waals surface area contributed by atoms with Crippen molar-refractivity contribution in [3.05, 3.63) is 0 Å². The highest BCUT2D eigenvalue weighted by atomic mass is 79.9. The van der Waals surface area contributed by atoms with Gasteiger partial charge in [0.1, 0.15) is 9.84 Å². The van der Waals surface area contributed by atoms with Crippen LogP contribution in [0, 0.1) is 5.41 Å². The van der Waals surface area contributed by atoms with Crippen molar-refractivity contribution < 1.29 is 8.42 Å². The molecule has 0 amide bonds. The van der Waals surface area contributed by atoms with Crippen LogP contribution in [0.2, 0.25) is 0 Å². The molecule has 0 radical (unpaired) electrons. The van der Waals surface area contributed by atoms with Crippen LogP contribution < -0.4 is 0 Å². The van der Waals surface area contributed by atoms with Crippen molar-refractivity contribution in [2.75, 3.05) is 11.5 Å². The Morgan fingerprint density at radius 1 is 1.20 bits per heavy atom. The Morgan fingerprint density at radius 3 is 2.13 bits per heavy atom. The van der Waals surface area contributed by atoms with E-state index in [2.05, 4.69) is 36.7 Å². The van der Waals surface area contributed by atoms with Crippen LogP contribution in [0.4, 0.5) is 0 Å². The van der Waals surface area contributed by atoms with Crippen molar-refractivity contribution in [1.82, 2.24) is 0 Å². The third kappa shape index (κ3) is 7.34. The minimum Gasteiger partial charge on any atom is -0.229 e. The normalized spacial score (nSPS) is 15.3. The molecule has 0 spiro atoms. The second kappa shape index (κ2) is 6.24. The fraction of sp³-hybridized carbons (Fsp3) is 1.00. The van der Waals surface area contributed by atoms with Gasteiger partial charge in [-0.15, -0.1) is 0 Å². The second-order valence-electron chi connectivity index (χ2n) is 5.13. The first-order valence-corrected chi connectivity index (χ1v) is 8.27. The highest BCUT2D eigenvalue weighted by Crippen LogP contribution is 2.29. The average Bonchev–Trinajstić information content (AvgIpc) is 2.01. The maximum Gasteiger partial charge on any atom is 0.150 e. The van der Waals surface area contributed by atoms with Gasteiger partial charge in [-0.1, -0.05) is 43.6 Å². The number of alkyl halides is 1. The zero-order chi connectivity index (χ0) is 12.1. The van der Waals surface area contributed by atoms with Gasteiger partial charge in [-0.3, -0.25) is 0 Å². The predicted octanol–water partition coefficient (Wildman–Crippen LogP) is 3.40. The molecule has 0 aromatic rings. The van der Waals surface area contributed by atoms with E-state index < -0.39 is 9.84 Å². The third-order valence-corrected chi connectivity index (χ3v) is 6.14. The molecule has 1 unspecified atom stereocenters. The number of rotatable bonds is 6. The average molecular weight is 299 g/mol. The number of hydrogen-bond acceptors (Lipinski definition) is 2. The lowest BCUT2D eigenvalue weighted by Gasteiger charge is -2.25. The van der Waals surface area contributed by atoms with Gasteiger partial charge in [0.15, 0.2) is 0 Å². The summed E-state index contributed by atoms with van der Waals surface area (Å²) in [6, 6.07) is 0. The highest BCUT2D eigenvalue weighted by molar-refractivity contribution is 9.09. The zero-order valence-electron chi connectivity index (χ0n) is 10.2. The van der Waals surface area contributed by atoms with E-state index in [1.54, 1.807) is 0 Å². The smallest absolute Gasteiger partial charge is 0.150 e. The summed E-state index contributed by atoms with van der Waals surface area (Å²) in [6.45, 7) is 8.38. The molecule has 4 heteroatoms. The van der Waals surface area contributed by atoms with E-state index in [1.807, 2.05) is 6.92 Å². The molecule has 0 aliphatic rings. The standard InChI is InChI=1S/C11H23BrO2S/c1-5-8-15(13,14)9-6-7-10(12)11(2,3)4/h10H,5-9H2,1-4H3. The Hall–Kier alpha value is 0.430. The van der Waals surface area contributed by atoms with E-state index in [4.69, 9.17) is 0 Å². The molecule has 1 atom stereocenters. The minimum absolute atomic E-state index is 0.203. The summed E-state index contributed by atoms with van der Waals surface area (Å²) in [7, 11) is -2.79. The SMILES string of the molecule is CCCS(=O)(=O)CCCC(Br)C(C)(C)C. The van der Waals surface area contributed by atoms with Gasteiger partial charge in [-0.05, 0) is 24.7 Å². The Labute approximate surface area is 103 Å². The monoisotopic (exact) mass is 298 g/mol. The summed E-state index contributed by atoms with van der Waals surface area (Å²) in [5, 5.41) is 0. The fourth-order valence-electron chi connectivity index (χ4n) is 1.33. The van der Waals surface area contributed by atoms with Crippen LogP contribution >= 0.6 is 15.9 Å². The van der Waals surface area contributed by atoms with E-state index in [0.717, 1.165) is 19.3 Å². The summed E-state index contributed by atoms with van der Waals surface area (Å²) < 4.78 is 22.9. The molecular formula is C11H23BrO2S. The van der Waals surface area contributed by atoms with Gasteiger partial charge >= 0.3 is 0 Å². The van der Waals surface area contributed by atoms with Crippen molar-refractivity contribution in [2.24, 2.45) is 5.41 Å². The lowest BCUT2D eigenvalue weighted by molar-refractivity contribution is 0.383. The van der Waals surface area contributed by atoms with Crippen LogP contribution in [0.3, 0.4) is 0 Å². The second-order valence-corrected chi connectivity index (χ2v) is 8.54. The van der Waals surface area contributed by atoms with Gasteiger partial charge in [-0.2, -0.15) is 0 Å². The van der Waals surface area contributed by atoms with Crippen LogP contribution in [-0.2, 0) is 9.84 Å². The highest BCUT2D eigenvalue weighted by Gasteiger charge is 2.21. The molecule has 0 saturated carbocycles. The first-order valence-electron chi connectivity index (χ1n) is 5.53. The molecule has 0 rings (SSSR count). The molecule has 0 fully saturated rings. The number of hydrogen-bond donors (Lipinski definition) is 0. The quantitative estimate of drug-likeness (QED) is 0.704. The molecule has 0 heterocycles. The maximum atomic E-state index is 11.4. The van der Waals surface area contributed by atoms with E-state index >= 15 is 0 Å². The van der Waals surface area contributed by atoms with Crippen LogP contribution in [-0.4, -0.2) is 24.8 Å². The molecule has 0 aromatic carbocycles. The number of halogens is 1. The first-order chi connectivity index (χ1) is 6.69. The van der Waals surface area contributed by atoms with Crippen LogP contribution in [0.15, 0.2) is 0 Å². The molecule has 0 aliphatic carbocycles. The maximum absolute atomic E-state index is 11.4. The van der Waals surface area contributed by atoms with E-state index in [0.29, 0.717) is 16.3 Å². The van der Waals surface area contributed by atoms with E-state index in [9.17, 15) is 8.42 Å². The van der Waals surface area contributed by atoms with Crippen molar-refractivity contribution in [2.45, 2.75) is 51.8 Å². The Balaban J connectivity index is 3.90. The molecular weight excluding hydrogens is 276 g/mol. The van der Waals surface area contributed by atoms with Gasteiger partial charge in [0.25, 0.3) is 0 Å². The Kier molecular flexibility index (Phi) is 6.41. The summed E-state index contributed by atoms with van der Waals surface area (Å²) in [4.78, 5) is 0.391. The molecule has 2 nitrogen and oxygen atoms in total. The van der Waals surface area contributed by atoms with Gasteiger partial charge in [-0.25, -0.2) is 8.42 Å². The van der Waals surface area contributed by atoms with Crippen molar-refractivity contribution >= 4 is 25.8 Å². The summed E-state index contributed by atoms with van der Waals surface area (Å²) in [5.74, 6) is 0.661. The van der Waals surface area contributed by atoms with Crippen LogP contribution in [0.1, 0.15) is 47.0 Å². The number of sulfone groups is 1. The molecule has 0 bridgehead atoms. The summed E-state index contributed by atoms with van der Waals surface area (Å²) in [6.07, 6.45) is 2.40. The van der Waals surface area contributed by atoms with Crippen LogP contribution in [0.5, 0.6) is 0 Å². The predicted molar refractivity (Wildman–Crippen MR) is 70.3 cm³/mol. The van der Waals surface area contributed by atoms with Gasteiger partial charge in [0.2, 0.25) is 0 Å². The molecule has 92 valence electrons. The summed E-state index contributed by atoms with van der Waals surface area (Å²) in [5.41, 5.74) is 0.203. The van der Waals surface area contributed by atoms with E-state index in [-0.39, 0.29) is 5.41 Å². The van der Waals surface area contributed by atoms with Gasteiger partial charge in [0, 0.05) is 10.6 Å². The minimum atomic E-state index is -2.79. The van der Waals surface area contributed by atoms with Crippen molar-refractivity contribution in [3.63, 3.8) is 0 Å². The molecule has 15 heavy (non-hydrogen) atoms. The van der Waals surface area contributed by atoms with Gasteiger partial charge in [0.05, 0.1) is 5.75 Å². The molecule has 0 aliphatic heterocycles. The fourth-order valence-corrected chi connectivity index (χ4v) is 3.08. The van der Waals surface area contributed by atoms with Crippen molar-refractivity contribution in [3.8, 4) is 0 Å². The largest absolute Gasteiger partial charge is 0.229 e. The molecule has 0 N–H and O–H groups in total. The summed E-state index contributed by atoms with van der Waals surface area (Å²) >= 11 is 3.61. The molecule has 0 saturated heterocycles. The molecule has 0 aromatic heterocycles.